The summed E-state index contributed by atoms with van der Waals surface area (Å²) in [5.74, 6) is 0.924. The van der Waals surface area contributed by atoms with Crippen molar-refractivity contribution in [2.45, 2.75) is 19.1 Å². The molecule has 0 saturated carbocycles. The summed E-state index contributed by atoms with van der Waals surface area (Å²) in [6, 6.07) is 3.76. The third kappa shape index (κ3) is 3.26. The van der Waals surface area contributed by atoms with Crippen LogP contribution in [0.4, 0.5) is 0 Å². The topological polar surface area (TPSA) is 69.4 Å². The highest BCUT2D eigenvalue weighted by Crippen LogP contribution is 2.36. The minimum Gasteiger partial charge on any atom is -0.487 e. The van der Waals surface area contributed by atoms with Crippen molar-refractivity contribution in [1.29, 1.82) is 0 Å². The summed E-state index contributed by atoms with van der Waals surface area (Å²) in [5, 5.41) is 0. The number of halogens is 2. The lowest BCUT2D eigenvalue weighted by atomic mass is 10.2. The van der Waals surface area contributed by atoms with Crippen molar-refractivity contribution in [3.05, 3.63) is 26.6 Å². The van der Waals surface area contributed by atoms with Gasteiger partial charge in [0.1, 0.15) is 11.9 Å². The molecule has 1 aromatic rings. The van der Waals surface area contributed by atoms with Crippen molar-refractivity contribution in [2.24, 2.45) is 5.73 Å². The summed E-state index contributed by atoms with van der Waals surface area (Å²) in [6.07, 6.45) is 0.270. The summed E-state index contributed by atoms with van der Waals surface area (Å²) in [6.45, 7) is 0.440. The van der Waals surface area contributed by atoms with Crippen molar-refractivity contribution >= 4 is 41.7 Å². The van der Waals surface area contributed by atoms with Gasteiger partial charge in [-0.05, 0) is 56.0 Å². The third-order valence-corrected chi connectivity index (χ3v) is 5.68. The van der Waals surface area contributed by atoms with E-state index in [-0.39, 0.29) is 17.6 Å². The number of hydrogen-bond donors (Lipinski definition) is 1. The SMILES string of the molecule is NCc1cc(Br)c(OC2CCS(=O)(=O)C2)c(Br)c1. The molecule has 7 heteroatoms. The van der Waals surface area contributed by atoms with Crippen LogP contribution < -0.4 is 10.5 Å². The van der Waals surface area contributed by atoms with E-state index < -0.39 is 9.84 Å². The highest BCUT2D eigenvalue weighted by atomic mass is 79.9. The van der Waals surface area contributed by atoms with E-state index in [4.69, 9.17) is 10.5 Å². The average molecular weight is 399 g/mol. The maximum atomic E-state index is 11.4. The Hall–Kier alpha value is -0.110. The highest BCUT2D eigenvalue weighted by Gasteiger charge is 2.30. The van der Waals surface area contributed by atoms with Crippen LogP contribution >= 0.6 is 31.9 Å². The van der Waals surface area contributed by atoms with Crippen molar-refractivity contribution in [3.63, 3.8) is 0 Å². The lowest BCUT2D eigenvalue weighted by molar-refractivity contribution is 0.226. The zero-order valence-electron chi connectivity index (χ0n) is 9.53. The molecule has 0 radical (unpaired) electrons. The third-order valence-electron chi connectivity index (χ3n) is 2.77. The standard InChI is InChI=1S/C11H13Br2NO3S/c12-9-3-7(5-14)4-10(13)11(9)17-8-1-2-18(15,16)6-8/h3-4,8H,1-2,5-6,14H2. The van der Waals surface area contributed by atoms with Crippen molar-refractivity contribution < 1.29 is 13.2 Å². The van der Waals surface area contributed by atoms with E-state index in [9.17, 15) is 8.42 Å². The fraction of sp³-hybridized carbons (Fsp3) is 0.455. The molecule has 1 heterocycles. The smallest absolute Gasteiger partial charge is 0.154 e. The van der Waals surface area contributed by atoms with Gasteiger partial charge >= 0.3 is 0 Å². The van der Waals surface area contributed by atoms with Crippen LogP contribution in [0.15, 0.2) is 21.1 Å². The van der Waals surface area contributed by atoms with Gasteiger partial charge in [-0.25, -0.2) is 8.42 Å². The van der Waals surface area contributed by atoms with Crippen LogP contribution in [-0.4, -0.2) is 26.0 Å². The molecule has 2 rings (SSSR count). The Balaban J connectivity index is 2.20. The molecule has 1 aliphatic rings. The maximum Gasteiger partial charge on any atom is 0.154 e. The highest BCUT2D eigenvalue weighted by molar-refractivity contribution is 9.11. The molecule has 1 fully saturated rings. The second-order valence-corrected chi connectivity index (χ2v) is 8.17. The summed E-state index contributed by atoms with van der Waals surface area (Å²) in [7, 11) is -2.93. The first kappa shape index (κ1) is 14.3. The Labute approximate surface area is 123 Å². The minimum absolute atomic E-state index is 0.0878. The van der Waals surface area contributed by atoms with E-state index in [1.165, 1.54) is 0 Å². The Morgan fingerprint density at radius 1 is 1.33 bits per heavy atom. The molecule has 0 aliphatic carbocycles. The quantitative estimate of drug-likeness (QED) is 0.847. The second-order valence-electron chi connectivity index (χ2n) is 4.24. The molecule has 0 amide bonds. The molecule has 100 valence electrons. The number of hydrogen-bond acceptors (Lipinski definition) is 4. The summed E-state index contributed by atoms with van der Waals surface area (Å²) >= 11 is 6.83. The van der Waals surface area contributed by atoms with Gasteiger partial charge < -0.3 is 10.5 Å². The Bertz CT molecular complexity index is 536. The molecular formula is C11H13Br2NO3S. The Morgan fingerprint density at radius 3 is 2.39 bits per heavy atom. The zero-order valence-corrected chi connectivity index (χ0v) is 13.5. The predicted molar refractivity (Wildman–Crippen MR) is 77.4 cm³/mol. The fourth-order valence-electron chi connectivity index (χ4n) is 1.86. The van der Waals surface area contributed by atoms with E-state index in [0.29, 0.717) is 18.7 Å². The van der Waals surface area contributed by atoms with Crippen molar-refractivity contribution in [3.8, 4) is 5.75 Å². The van der Waals surface area contributed by atoms with Crippen LogP contribution in [0, 0.1) is 0 Å². The van der Waals surface area contributed by atoms with Crippen LogP contribution in [-0.2, 0) is 16.4 Å². The number of ether oxygens (including phenoxy) is 1. The summed E-state index contributed by atoms with van der Waals surface area (Å²) < 4.78 is 30.1. The second kappa shape index (κ2) is 5.48. The fourth-order valence-corrected chi connectivity index (χ4v) is 4.92. The van der Waals surface area contributed by atoms with Crippen LogP contribution in [0.2, 0.25) is 0 Å². The van der Waals surface area contributed by atoms with Crippen LogP contribution in [0.3, 0.4) is 0 Å². The lowest BCUT2D eigenvalue weighted by Gasteiger charge is -2.16. The molecule has 0 aromatic heterocycles. The summed E-state index contributed by atoms with van der Waals surface area (Å²) in [5.41, 5.74) is 6.55. The van der Waals surface area contributed by atoms with Crippen LogP contribution in [0.25, 0.3) is 0 Å². The molecule has 0 bridgehead atoms. The van der Waals surface area contributed by atoms with E-state index in [2.05, 4.69) is 31.9 Å². The molecule has 4 nitrogen and oxygen atoms in total. The molecule has 1 aromatic carbocycles. The van der Waals surface area contributed by atoms with Crippen molar-refractivity contribution in [1.82, 2.24) is 0 Å². The van der Waals surface area contributed by atoms with Gasteiger partial charge in [0, 0.05) is 6.54 Å². The molecule has 1 atom stereocenters. The molecule has 1 unspecified atom stereocenters. The number of benzene rings is 1. The maximum absolute atomic E-state index is 11.4. The van der Waals surface area contributed by atoms with Crippen LogP contribution in [0.1, 0.15) is 12.0 Å². The van der Waals surface area contributed by atoms with Gasteiger partial charge in [0.15, 0.2) is 9.84 Å². The van der Waals surface area contributed by atoms with Gasteiger partial charge in [0.05, 0.1) is 20.5 Å². The first-order valence-corrected chi connectivity index (χ1v) is 8.87. The van der Waals surface area contributed by atoms with E-state index >= 15 is 0 Å². The van der Waals surface area contributed by atoms with Crippen molar-refractivity contribution in [2.75, 3.05) is 11.5 Å². The van der Waals surface area contributed by atoms with Gasteiger partial charge in [-0.2, -0.15) is 0 Å². The molecule has 18 heavy (non-hydrogen) atoms. The van der Waals surface area contributed by atoms with Gasteiger partial charge in [-0.1, -0.05) is 0 Å². The van der Waals surface area contributed by atoms with E-state index in [1.54, 1.807) is 0 Å². The molecule has 1 saturated heterocycles. The zero-order chi connectivity index (χ0) is 13.3. The normalized spacial score (nSPS) is 22.1. The number of nitrogens with two attached hydrogens (primary N) is 1. The van der Waals surface area contributed by atoms with Gasteiger partial charge in [0.2, 0.25) is 0 Å². The largest absolute Gasteiger partial charge is 0.487 e. The minimum atomic E-state index is -2.93. The predicted octanol–water partition coefficient (Wildman–Crippen LogP) is 2.24. The molecule has 2 N–H and O–H groups in total. The average Bonchev–Trinajstić information content (AvgIpc) is 2.63. The van der Waals surface area contributed by atoms with Crippen LogP contribution in [0.5, 0.6) is 5.75 Å². The van der Waals surface area contributed by atoms with E-state index in [1.807, 2.05) is 12.1 Å². The molecular weight excluding hydrogens is 386 g/mol. The van der Waals surface area contributed by atoms with E-state index in [0.717, 1.165) is 14.5 Å². The lowest BCUT2D eigenvalue weighted by Crippen LogP contribution is -2.18. The Morgan fingerprint density at radius 2 is 1.94 bits per heavy atom. The Kier molecular flexibility index (Phi) is 4.36. The molecule has 1 aliphatic heterocycles. The molecule has 0 spiro atoms. The van der Waals surface area contributed by atoms with Gasteiger partial charge in [-0.15, -0.1) is 0 Å². The number of rotatable bonds is 3. The number of sulfone groups is 1. The van der Waals surface area contributed by atoms with Gasteiger partial charge in [0.25, 0.3) is 0 Å². The van der Waals surface area contributed by atoms with Gasteiger partial charge in [-0.3, -0.25) is 0 Å². The first-order valence-electron chi connectivity index (χ1n) is 5.46. The first-order chi connectivity index (χ1) is 8.41. The monoisotopic (exact) mass is 397 g/mol. The summed E-state index contributed by atoms with van der Waals surface area (Å²) in [4.78, 5) is 0.